The van der Waals surface area contributed by atoms with Crippen molar-refractivity contribution in [2.45, 2.75) is 25.8 Å². The molecule has 1 atom stereocenters. The van der Waals surface area contributed by atoms with Gasteiger partial charge in [-0.3, -0.25) is 9.69 Å². The summed E-state index contributed by atoms with van der Waals surface area (Å²) < 4.78 is 4.94. The van der Waals surface area contributed by atoms with Gasteiger partial charge in [0.25, 0.3) is 0 Å². The summed E-state index contributed by atoms with van der Waals surface area (Å²) in [5, 5.41) is 0. The fraction of sp³-hybridized carbons (Fsp3) is 0.615. The quantitative estimate of drug-likeness (QED) is 0.513. The van der Waals surface area contributed by atoms with Gasteiger partial charge in [-0.05, 0) is 20.5 Å². The summed E-state index contributed by atoms with van der Waals surface area (Å²) in [6.07, 6.45) is 4.04. The van der Waals surface area contributed by atoms with Crippen LogP contribution in [0, 0.1) is 5.41 Å². The zero-order valence-corrected chi connectivity index (χ0v) is 11.0. The molecule has 3 nitrogen and oxygen atoms in total. The van der Waals surface area contributed by atoms with Crippen LogP contribution in [-0.4, -0.2) is 37.6 Å². The average molecular weight is 225 g/mol. The van der Waals surface area contributed by atoms with E-state index < -0.39 is 11.0 Å². The van der Waals surface area contributed by atoms with E-state index in [1.54, 1.807) is 12.2 Å². The second-order valence-electron chi connectivity index (χ2n) is 4.66. The SMILES string of the molecule is C=CCC(C(=O)OC)(N(C)C)C(C)(C)C=C. The van der Waals surface area contributed by atoms with E-state index in [0.29, 0.717) is 6.42 Å². The first-order valence-corrected chi connectivity index (χ1v) is 5.30. The van der Waals surface area contributed by atoms with Crippen LogP contribution >= 0.6 is 0 Å². The number of carbonyl (C=O) groups excluding carboxylic acids is 1. The molecule has 0 amide bonds. The Kier molecular flexibility index (Phi) is 4.94. The number of rotatable bonds is 6. The van der Waals surface area contributed by atoms with E-state index in [1.807, 2.05) is 32.8 Å². The van der Waals surface area contributed by atoms with E-state index in [0.717, 1.165) is 0 Å². The Hall–Kier alpha value is -1.09. The van der Waals surface area contributed by atoms with Gasteiger partial charge < -0.3 is 4.74 Å². The normalized spacial score (nSPS) is 15.4. The van der Waals surface area contributed by atoms with Crippen molar-refractivity contribution >= 4 is 5.97 Å². The third-order valence-electron chi connectivity index (χ3n) is 3.30. The Bertz CT molecular complexity index is 282. The van der Waals surface area contributed by atoms with Crippen LogP contribution in [0.4, 0.5) is 0 Å². The maximum Gasteiger partial charge on any atom is 0.327 e. The summed E-state index contributed by atoms with van der Waals surface area (Å²) in [6.45, 7) is 11.5. The molecule has 0 saturated heterocycles. The largest absolute Gasteiger partial charge is 0.468 e. The lowest BCUT2D eigenvalue weighted by molar-refractivity contribution is -0.160. The molecule has 0 heterocycles. The van der Waals surface area contributed by atoms with Crippen molar-refractivity contribution in [3.05, 3.63) is 25.3 Å². The highest BCUT2D eigenvalue weighted by atomic mass is 16.5. The van der Waals surface area contributed by atoms with Gasteiger partial charge in [0.1, 0.15) is 5.54 Å². The molecule has 0 radical (unpaired) electrons. The van der Waals surface area contributed by atoms with Crippen LogP contribution in [0.2, 0.25) is 0 Å². The van der Waals surface area contributed by atoms with Gasteiger partial charge in [0.15, 0.2) is 0 Å². The second-order valence-corrected chi connectivity index (χ2v) is 4.66. The minimum Gasteiger partial charge on any atom is -0.468 e. The Morgan fingerprint density at radius 1 is 1.38 bits per heavy atom. The smallest absolute Gasteiger partial charge is 0.327 e. The third kappa shape index (κ3) is 2.19. The van der Waals surface area contributed by atoms with Crippen molar-refractivity contribution in [2.75, 3.05) is 21.2 Å². The number of esters is 1. The molecule has 0 bridgehead atoms. The summed E-state index contributed by atoms with van der Waals surface area (Å²) in [5.41, 5.74) is -1.16. The molecule has 0 spiro atoms. The molecule has 3 heteroatoms. The highest BCUT2D eigenvalue weighted by molar-refractivity contribution is 5.82. The first-order valence-electron chi connectivity index (χ1n) is 5.30. The molecule has 0 aliphatic heterocycles. The van der Waals surface area contributed by atoms with Crippen molar-refractivity contribution < 1.29 is 9.53 Å². The summed E-state index contributed by atoms with van der Waals surface area (Å²) in [5.74, 6) is -0.262. The summed E-state index contributed by atoms with van der Waals surface area (Å²) in [6, 6.07) is 0. The van der Waals surface area contributed by atoms with Gasteiger partial charge in [-0.25, -0.2) is 0 Å². The molecule has 92 valence electrons. The van der Waals surface area contributed by atoms with E-state index in [9.17, 15) is 4.79 Å². The van der Waals surface area contributed by atoms with Crippen molar-refractivity contribution in [1.29, 1.82) is 0 Å². The van der Waals surface area contributed by atoms with Gasteiger partial charge in [0.05, 0.1) is 7.11 Å². The molecule has 0 aliphatic rings. The van der Waals surface area contributed by atoms with E-state index in [2.05, 4.69) is 13.2 Å². The Morgan fingerprint density at radius 3 is 2.12 bits per heavy atom. The van der Waals surface area contributed by atoms with Crippen LogP contribution in [0.25, 0.3) is 0 Å². The molecular formula is C13H23NO2. The highest BCUT2D eigenvalue weighted by Crippen LogP contribution is 2.40. The number of hydrogen-bond acceptors (Lipinski definition) is 3. The lowest BCUT2D eigenvalue weighted by Crippen LogP contribution is -2.60. The fourth-order valence-electron chi connectivity index (χ4n) is 2.10. The molecule has 0 rings (SSSR count). The van der Waals surface area contributed by atoms with Crippen LogP contribution in [0.3, 0.4) is 0 Å². The van der Waals surface area contributed by atoms with Crippen molar-refractivity contribution in [1.82, 2.24) is 4.90 Å². The lowest BCUT2D eigenvalue weighted by Gasteiger charge is -2.46. The Labute approximate surface area is 98.8 Å². The average Bonchev–Trinajstić information content (AvgIpc) is 2.23. The summed E-state index contributed by atoms with van der Waals surface area (Å²) in [4.78, 5) is 14.0. The molecule has 0 aliphatic carbocycles. The van der Waals surface area contributed by atoms with E-state index in [4.69, 9.17) is 4.74 Å². The maximum atomic E-state index is 12.1. The molecule has 0 saturated carbocycles. The number of nitrogens with zero attached hydrogens (tertiary/aromatic N) is 1. The van der Waals surface area contributed by atoms with Gasteiger partial charge in [-0.2, -0.15) is 0 Å². The molecule has 1 unspecified atom stereocenters. The minimum absolute atomic E-state index is 0.262. The van der Waals surface area contributed by atoms with Crippen LogP contribution in [0.1, 0.15) is 20.3 Å². The maximum absolute atomic E-state index is 12.1. The summed E-state index contributed by atoms with van der Waals surface area (Å²) in [7, 11) is 5.14. The van der Waals surface area contributed by atoms with Gasteiger partial charge in [-0.1, -0.05) is 26.0 Å². The van der Waals surface area contributed by atoms with Crippen LogP contribution in [0.15, 0.2) is 25.3 Å². The zero-order valence-electron chi connectivity index (χ0n) is 11.0. The van der Waals surface area contributed by atoms with Gasteiger partial charge in [-0.15, -0.1) is 13.2 Å². The van der Waals surface area contributed by atoms with E-state index >= 15 is 0 Å². The fourth-order valence-corrected chi connectivity index (χ4v) is 2.10. The Balaban J connectivity index is 5.70. The molecule has 16 heavy (non-hydrogen) atoms. The number of hydrogen-bond donors (Lipinski definition) is 0. The van der Waals surface area contributed by atoms with Crippen LogP contribution < -0.4 is 0 Å². The summed E-state index contributed by atoms with van der Waals surface area (Å²) >= 11 is 0. The van der Waals surface area contributed by atoms with Crippen molar-refractivity contribution in [3.63, 3.8) is 0 Å². The Morgan fingerprint density at radius 2 is 1.88 bits per heavy atom. The molecule has 0 aromatic carbocycles. The second kappa shape index (κ2) is 5.30. The van der Waals surface area contributed by atoms with Gasteiger partial charge in [0, 0.05) is 5.41 Å². The molecule has 0 aromatic heterocycles. The van der Waals surface area contributed by atoms with Gasteiger partial charge >= 0.3 is 5.97 Å². The third-order valence-corrected chi connectivity index (χ3v) is 3.30. The molecule has 0 N–H and O–H groups in total. The molecule has 0 fully saturated rings. The van der Waals surface area contributed by atoms with Gasteiger partial charge in [0.2, 0.25) is 0 Å². The predicted molar refractivity (Wildman–Crippen MR) is 67.2 cm³/mol. The predicted octanol–water partition coefficient (Wildman–Crippen LogP) is 2.25. The number of carbonyl (C=O) groups is 1. The molecular weight excluding hydrogens is 202 g/mol. The lowest BCUT2D eigenvalue weighted by atomic mass is 9.69. The standard InChI is InChI=1S/C13H23NO2/c1-8-10-13(14(5)6,11(15)16-7)12(3,4)9-2/h8-9H,1-2,10H2,3-7H3. The van der Waals surface area contributed by atoms with Crippen LogP contribution in [0.5, 0.6) is 0 Å². The highest BCUT2D eigenvalue weighted by Gasteiger charge is 2.51. The van der Waals surface area contributed by atoms with Crippen molar-refractivity contribution in [2.24, 2.45) is 5.41 Å². The first-order chi connectivity index (χ1) is 7.30. The van der Waals surface area contributed by atoms with E-state index in [-0.39, 0.29) is 5.97 Å². The topological polar surface area (TPSA) is 29.5 Å². The monoisotopic (exact) mass is 225 g/mol. The first kappa shape index (κ1) is 14.9. The number of ether oxygens (including phenoxy) is 1. The number of methoxy groups -OCH3 is 1. The zero-order chi connectivity index (χ0) is 13.0. The van der Waals surface area contributed by atoms with Crippen molar-refractivity contribution in [3.8, 4) is 0 Å². The minimum atomic E-state index is -0.759. The van der Waals surface area contributed by atoms with Crippen LogP contribution in [-0.2, 0) is 9.53 Å². The molecule has 0 aromatic rings. The number of likely N-dealkylation sites (N-methyl/N-ethyl adjacent to an activating group) is 1. The van der Waals surface area contributed by atoms with E-state index in [1.165, 1.54) is 7.11 Å².